The Labute approximate surface area is 92.7 Å². The van der Waals surface area contributed by atoms with Gasteiger partial charge in [0.1, 0.15) is 6.26 Å². The average molecular weight is 207 g/mol. The van der Waals surface area contributed by atoms with E-state index in [2.05, 4.69) is 18.0 Å². The largest absolute Gasteiger partial charge is 0.449 e. The topological polar surface area (TPSA) is 26.0 Å². The van der Waals surface area contributed by atoms with Gasteiger partial charge in [0.15, 0.2) is 5.89 Å². The van der Waals surface area contributed by atoms with Crippen LogP contribution in [0.25, 0.3) is 0 Å². The van der Waals surface area contributed by atoms with Crippen molar-refractivity contribution in [2.45, 2.75) is 40.5 Å². The molecule has 0 unspecified atom stereocenters. The van der Waals surface area contributed by atoms with Gasteiger partial charge in [-0.25, -0.2) is 4.98 Å². The minimum Gasteiger partial charge on any atom is -0.449 e. The first-order chi connectivity index (χ1) is 7.36. The molecule has 0 aliphatic heterocycles. The van der Waals surface area contributed by atoms with Crippen LogP contribution in [0.1, 0.15) is 40.0 Å². The van der Waals surface area contributed by atoms with Gasteiger partial charge in [-0.3, -0.25) is 0 Å². The van der Waals surface area contributed by atoms with Crippen molar-refractivity contribution in [1.82, 2.24) is 4.98 Å². The van der Waals surface area contributed by atoms with Crippen LogP contribution in [0.4, 0.5) is 0 Å². The van der Waals surface area contributed by atoms with E-state index < -0.39 is 0 Å². The van der Waals surface area contributed by atoms with Crippen molar-refractivity contribution < 1.29 is 4.42 Å². The highest BCUT2D eigenvalue weighted by Gasteiger charge is 1.99. The smallest absolute Gasteiger partial charge is 0.198 e. The molecule has 2 heteroatoms. The van der Waals surface area contributed by atoms with Crippen LogP contribution in [0.5, 0.6) is 0 Å². The van der Waals surface area contributed by atoms with Crippen LogP contribution >= 0.6 is 0 Å². The predicted octanol–water partition coefficient (Wildman–Crippen LogP) is 4.16. The average Bonchev–Trinajstić information content (AvgIpc) is 2.79. The number of hydrogen-bond acceptors (Lipinski definition) is 2. The maximum absolute atomic E-state index is 5.17. The highest BCUT2D eigenvalue weighted by atomic mass is 16.3. The van der Waals surface area contributed by atoms with E-state index in [0.717, 1.165) is 18.7 Å². The molecule has 0 aliphatic carbocycles. The van der Waals surface area contributed by atoms with E-state index in [4.69, 9.17) is 4.42 Å². The maximum atomic E-state index is 5.17. The Hall–Kier alpha value is -1.31. The van der Waals surface area contributed by atoms with Gasteiger partial charge < -0.3 is 4.42 Å². The molecule has 84 valence electrons. The number of aromatic nitrogens is 1. The molecule has 2 nitrogen and oxygen atoms in total. The SMILES string of the molecule is C/C=C\C=C(/CC)Cc1ncco1.CC. The summed E-state index contributed by atoms with van der Waals surface area (Å²) in [6.45, 7) is 8.15. The molecule has 0 aliphatic rings. The van der Waals surface area contributed by atoms with Crippen molar-refractivity contribution in [1.29, 1.82) is 0 Å². The van der Waals surface area contributed by atoms with E-state index in [-0.39, 0.29) is 0 Å². The minimum absolute atomic E-state index is 0.789. The summed E-state index contributed by atoms with van der Waals surface area (Å²) in [5.41, 5.74) is 1.33. The molecule has 1 rings (SSSR count). The van der Waals surface area contributed by atoms with Crippen LogP contribution in [-0.2, 0) is 6.42 Å². The summed E-state index contributed by atoms with van der Waals surface area (Å²) in [5, 5.41) is 0. The first-order valence-electron chi connectivity index (χ1n) is 5.56. The summed E-state index contributed by atoms with van der Waals surface area (Å²) < 4.78 is 5.17. The highest BCUT2D eigenvalue weighted by molar-refractivity contribution is 5.14. The second kappa shape index (κ2) is 9.25. The van der Waals surface area contributed by atoms with Crippen molar-refractivity contribution in [2.24, 2.45) is 0 Å². The van der Waals surface area contributed by atoms with Crippen LogP contribution in [-0.4, -0.2) is 4.98 Å². The Kier molecular flexibility index (Phi) is 8.44. The zero-order valence-electron chi connectivity index (χ0n) is 10.2. The third-order valence-electron chi connectivity index (χ3n) is 1.84. The van der Waals surface area contributed by atoms with E-state index in [1.807, 2.05) is 32.9 Å². The molecule has 0 fully saturated rings. The molecule has 0 amide bonds. The van der Waals surface area contributed by atoms with Crippen LogP contribution in [0.3, 0.4) is 0 Å². The van der Waals surface area contributed by atoms with Crippen molar-refractivity contribution >= 4 is 0 Å². The Morgan fingerprint density at radius 2 is 2.20 bits per heavy atom. The third kappa shape index (κ3) is 5.89. The molecule has 0 atom stereocenters. The molecule has 0 spiro atoms. The Balaban J connectivity index is 0.000000921. The van der Waals surface area contributed by atoms with Crippen LogP contribution in [0.15, 0.2) is 40.7 Å². The summed E-state index contributed by atoms with van der Waals surface area (Å²) in [6, 6.07) is 0. The lowest BCUT2D eigenvalue weighted by Crippen LogP contribution is -1.88. The van der Waals surface area contributed by atoms with Gasteiger partial charge in [-0.15, -0.1) is 0 Å². The number of nitrogens with zero attached hydrogens (tertiary/aromatic N) is 1. The predicted molar refractivity (Wildman–Crippen MR) is 64.7 cm³/mol. The van der Waals surface area contributed by atoms with E-state index in [1.165, 1.54) is 5.57 Å². The molecule has 1 aromatic heterocycles. The van der Waals surface area contributed by atoms with Gasteiger partial charge in [0.2, 0.25) is 0 Å². The molecule has 1 heterocycles. The van der Waals surface area contributed by atoms with Crippen LogP contribution < -0.4 is 0 Å². The second-order valence-corrected chi connectivity index (χ2v) is 2.81. The fourth-order valence-electron chi connectivity index (χ4n) is 1.07. The molecule has 0 bridgehead atoms. The lowest BCUT2D eigenvalue weighted by molar-refractivity contribution is 0.504. The fraction of sp³-hybridized carbons (Fsp3) is 0.462. The first kappa shape index (κ1) is 13.7. The van der Waals surface area contributed by atoms with Crippen LogP contribution in [0.2, 0.25) is 0 Å². The van der Waals surface area contributed by atoms with Gasteiger partial charge in [-0.2, -0.15) is 0 Å². The highest BCUT2D eigenvalue weighted by Crippen LogP contribution is 2.09. The van der Waals surface area contributed by atoms with Crippen molar-refractivity contribution in [3.63, 3.8) is 0 Å². The first-order valence-corrected chi connectivity index (χ1v) is 5.56. The Morgan fingerprint density at radius 1 is 1.47 bits per heavy atom. The summed E-state index contributed by atoms with van der Waals surface area (Å²) in [6.07, 6.45) is 11.3. The van der Waals surface area contributed by atoms with E-state index in [0.29, 0.717) is 0 Å². The molecular weight excluding hydrogens is 186 g/mol. The van der Waals surface area contributed by atoms with Gasteiger partial charge in [0.05, 0.1) is 6.20 Å². The molecule has 1 aromatic rings. The molecule has 15 heavy (non-hydrogen) atoms. The van der Waals surface area contributed by atoms with Crippen molar-refractivity contribution in [2.75, 3.05) is 0 Å². The normalized spacial score (nSPS) is 11.3. The fourth-order valence-corrected chi connectivity index (χ4v) is 1.07. The van der Waals surface area contributed by atoms with Crippen LogP contribution in [0, 0.1) is 0 Å². The molecular formula is C13H21NO. The standard InChI is InChI=1S/C11H15NO.C2H6/c1-3-5-6-10(4-2)9-11-12-7-8-13-11;1-2/h3,5-8H,4,9H2,1-2H3;1-2H3/b5-3-,10-6+;. The quantitative estimate of drug-likeness (QED) is 0.693. The molecule has 0 aromatic carbocycles. The second-order valence-electron chi connectivity index (χ2n) is 2.81. The number of oxazole rings is 1. The van der Waals surface area contributed by atoms with Gasteiger partial charge in [-0.1, -0.05) is 44.6 Å². The molecule has 0 saturated heterocycles. The summed E-state index contributed by atoms with van der Waals surface area (Å²) >= 11 is 0. The lowest BCUT2D eigenvalue weighted by atomic mass is 10.1. The van der Waals surface area contributed by atoms with E-state index in [1.54, 1.807) is 12.5 Å². The summed E-state index contributed by atoms with van der Waals surface area (Å²) in [5.74, 6) is 0.789. The van der Waals surface area contributed by atoms with Crippen molar-refractivity contribution in [3.8, 4) is 0 Å². The lowest BCUT2D eigenvalue weighted by Gasteiger charge is -1.98. The number of rotatable bonds is 4. The number of hydrogen-bond donors (Lipinski definition) is 0. The molecule has 0 N–H and O–H groups in total. The van der Waals surface area contributed by atoms with E-state index >= 15 is 0 Å². The zero-order chi connectivity index (χ0) is 11.5. The van der Waals surface area contributed by atoms with Gasteiger partial charge in [0, 0.05) is 6.42 Å². The Bertz CT molecular complexity index is 283. The monoisotopic (exact) mass is 207 g/mol. The number of allylic oxidation sites excluding steroid dienone is 4. The molecule has 0 saturated carbocycles. The van der Waals surface area contributed by atoms with Gasteiger partial charge in [0.25, 0.3) is 0 Å². The summed E-state index contributed by atoms with van der Waals surface area (Å²) in [4.78, 5) is 4.08. The molecule has 0 radical (unpaired) electrons. The van der Waals surface area contributed by atoms with Crippen molar-refractivity contribution in [3.05, 3.63) is 42.2 Å². The van der Waals surface area contributed by atoms with E-state index in [9.17, 15) is 0 Å². The minimum atomic E-state index is 0.789. The Morgan fingerprint density at radius 3 is 2.67 bits per heavy atom. The summed E-state index contributed by atoms with van der Waals surface area (Å²) in [7, 11) is 0. The van der Waals surface area contributed by atoms with Gasteiger partial charge in [-0.05, 0) is 13.3 Å². The zero-order valence-corrected chi connectivity index (χ0v) is 10.2. The van der Waals surface area contributed by atoms with Gasteiger partial charge >= 0.3 is 0 Å². The maximum Gasteiger partial charge on any atom is 0.198 e. The third-order valence-corrected chi connectivity index (χ3v) is 1.84.